The standard InChI is InChI=1S/C13H18N6O2/c1-3-6-19-11(14)10(12(20)18-13(19)21)16-7-9-4-5-15-8(2)17-9/h4-5,16H,3,6-7,14H2,1-2H3,(H,18,20,21). The Morgan fingerprint density at radius 2 is 2.19 bits per heavy atom. The fourth-order valence-corrected chi connectivity index (χ4v) is 1.99. The lowest BCUT2D eigenvalue weighted by Gasteiger charge is -2.13. The number of hydrogen-bond donors (Lipinski definition) is 3. The number of nitrogens with one attached hydrogen (secondary N) is 2. The maximum Gasteiger partial charge on any atom is 0.330 e. The molecule has 0 bridgehead atoms. The van der Waals surface area contributed by atoms with Gasteiger partial charge in [-0.05, 0) is 19.4 Å². The highest BCUT2D eigenvalue weighted by molar-refractivity contribution is 5.60. The summed E-state index contributed by atoms with van der Waals surface area (Å²) in [6.07, 6.45) is 2.38. The van der Waals surface area contributed by atoms with Crippen molar-refractivity contribution in [3.05, 3.63) is 44.6 Å². The molecular weight excluding hydrogens is 272 g/mol. The molecule has 2 aromatic heterocycles. The summed E-state index contributed by atoms with van der Waals surface area (Å²) in [4.78, 5) is 34.1. The van der Waals surface area contributed by atoms with Crippen LogP contribution in [0.3, 0.4) is 0 Å². The number of anilines is 2. The second-order valence-corrected chi connectivity index (χ2v) is 4.62. The van der Waals surface area contributed by atoms with Crippen LogP contribution in [0.1, 0.15) is 24.9 Å². The van der Waals surface area contributed by atoms with Crippen LogP contribution in [-0.4, -0.2) is 19.5 Å². The SMILES string of the molecule is CCCn1c(N)c(NCc2ccnc(C)n2)c(=O)[nH]c1=O. The number of nitrogens with two attached hydrogens (primary N) is 1. The van der Waals surface area contributed by atoms with E-state index in [1.165, 1.54) is 4.57 Å². The van der Waals surface area contributed by atoms with Gasteiger partial charge in [-0.3, -0.25) is 14.3 Å². The molecule has 0 saturated carbocycles. The Morgan fingerprint density at radius 1 is 1.43 bits per heavy atom. The summed E-state index contributed by atoms with van der Waals surface area (Å²) in [6.45, 7) is 4.48. The summed E-state index contributed by atoms with van der Waals surface area (Å²) in [6, 6.07) is 1.74. The Balaban J connectivity index is 2.30. The summed E-state index contributed by atoms with van der Waals surface area (Å²) in [7, 11) is 0. The molecular formula is C13H18N6O2. The van der Waals surface area contributed by atoms with E-state index < -0.39 is 11.2 Å². The third-order valence-corrected chi connectivity index (χ3v) is 2.97. The van der Waals surface area contributed by atoms with Gasteiger partial charge in [-0.15, -0.1) is 0 Å². The maximum atomic E-state index is 11.9. The molecule has 8 heteroatoms. The third-order valence-electron chi connectivity index (χ3n) is 2.97. The maximum absolute atomic E-state index is 11.9. The predicted octanol–water partition coefficient (Wildman–Crippen LogP) is 0.239. The molecule has 0 amide bonds. The number of aromatic nitrogens is 4. The van der Waals surface area contributed by atoms with E-state index in [1.54, 1.807) is 19.2 Å². The van der Waals surface area contributed by atoms with E-state index in [9.17, 15) is 9.59 Å². The van der Waals surface area contributed by atoms with Gasteiger partial charge >= 0.3 is 5.69 Å². The van der Waals surface area contributed by atoms with Crippen LogP contribution in [0.5, 0.6) is 0 Å². The van der Waals surface area contributed by atoms with Crippen LogP contribution in [-0.2, 0) is 13.1 Å². The Kier molecular flexibility index (Phi) is 4.36. The van der Waals surface area contributed by atoms with E-state index in [2.05, 4.69) is 20.3 Å². The molecule has 4 N–H and O–H groups in total. The quantitative estimate of drug-likeness (QED) is 0.725. The van der Waals surface area contributed by atoms with Gasteiger partial charge in [0.2, 0.25) is 0 Å². The van der Waals surface area contributed by atoms with Crippen LogP contribution in [0.4, 0.5) is 11.5 Å². The van der Waals surface area contributed by atoms with Crippen LogP contribution in [0.2, 0.25) is 0 Å². The van der Waals surface area contributed by atoms with E-state index in [0.29, 0.717) is 18.9 Å². The van der Waals surface area contributed by atoms with Gasteiger partial charge in [-0.25, -0.2) is 14.8 Å². The Labute approximate surface area is 121 Å². The minimum atomic E-state index is -0.532. The molecule has 21 heavy (non-hydrogen) atoms. The van der Waals surface area contributed by atoms with E-state index >= 15 is 0 Å². The van der Waals surface area contributed by atoms with Crippen molar-refractivity contribution < 1.29 is 0 Å². The molecule has 112 valence electrons. The minimum absolute atomic E-state index is 0.136. The highest BCUT2D eigenvalue weighted by atomic mass is 16.2. The van der Waals surface area contributed by atoms with Crippen LogP contribution in [0.15, 0.2) is 21.9 Å². The Bertz CT molecular complexity index is 749. The van der Waals surface area contributed by atoms with E-state index in [-0.39, 0.29) is 11.5 Å². The first kappa shape index (κ1) is 14.8. The van der Waals surface area contributed by atoms with E-state index in [0.717, 1.165) is 12.1 Å². The van der Waals surface area contributed by atoms with Gasteiger partial charge in [-0.2, -0.15) is 0 Å². The summed E-state index contributed by atoms with van der Waals surface area (Å²) in [5.74, 6) is 0.781. The molecule has 0 unspecified atom stereocenters. The molecule has 0 aliphatic heterocycles. The second-order valence-electron chi connectivity index (χ2n) is 4.62. The molecule has 0 aromatic carbocycles. The van der Waals surface area contributed by atoms with Gasteiger partial charge in [0.25, 0.3) is 5.56 Å². The largest absolute Gasteiger partial charge is 0.383 e. The zero-order valence-electron chi connectivity index (χ0n) is 12.0. The van der Waals surface area contributed by atoms with Crippen LogP contribution >= 0.6 is 0 Å². The first-order valence-electron chi connectivity index (χ1n) is 6.68. The van der Waals surface area contributed by atoms with Gasteiger partial charge in [0, 0.05) is 12.7 Å². The topological polar surface area (TPSA) is 119 Å². The molecule has 0 radical (unpaired) electrons. The second kappa shape index (κ2) is 6.21. The van der Waals surface area contributed by atoms with E-state index in [1.807, 2.05) is 6.92 Å². The summed E-state index contributed by atoms with van der Waals surface area (Å²) in [5.41, 5.74) is 5.79. The number of hydrogen-bond acceptors (Lipinski definition) is 6. The van der Waals surface area contributed by atoms with Crippen molar-refractivity contribution in [1.29, 1.82) is 0 Å². The molecule has 0 saturated heterocycles. The fourth-order valence-electron chi connectivity index (χ4n) is 1.99. The number of H-pyrrole nitrogens is 1. The summed E-state index contributed by atoms with van der Waals surface area (Å²) < 4.78 is 1.34. The molecule has 2 heterocycles. The predicted molar refractivity (Wildman–Crippen MR) is 80.1 cm³/mol. The number of aryl methyl sites for hydroxylation is 1. The van der Waals surface area contributed by atoms with Crippen molar-refractivity contribution in [3.63, 3.8) is 0 Å². The van der Waals surface area contributed by atoms with Gasteiger partial charge in [-0.1, -0.05) is 6.92 Å². The Hall–Kier alpha value is -2.64. The molecule has 0 aliphatic rings. The fraction of sp³-hybridized carbons (Fsp3) is 0.385. The number of rotatable bonds is 5. The summed E-state index contributed by atoms with van der Waals surface area (Å²) >= 11 is 0. The first-order valence-corrected chi connectivity index (χ1v) is 6.68. The lowest BCUT2D eigenvalue weighted by molar-refractivity contribution is 0.642. The number of nitrogens with zero attached hydrogens (tertiary/aromatic N) is 3. The van der Waals surface area contributed by atoms with Crippen molar-refractivity contribution in [2.45, 2.75) is 33.4 Å². The minimum Gasteiger partial charge on any atom is -0.383 e. The highest BCUT2D eigenvalue weighted by Crippen LogP contribution is 2.11. The average molecular weight is 290 g/mol. The van der Waals surface area contributed by atoms with Crippen molar-refractivity contribution in [2.75, 3.05) is 11.1 Å². The monoisotopic (exact) mass is 290 g/mol. The van der Waals surface area contributed by atoms with Crippen LogP contribution < -0.4 is 22.3 Å². The smallest absolute Gasteiger partial charge is 0.330 e. The summed E-state index contributed by atoms with van der Waals surface area (Å²) in [5, 5.41) is 2.93. The molecule has 0 fully saturated rings. The lowest BCUT2D eigenvalue weighted by atomic mass is 10.3. The van der Waals surface area contributed by atoms with Crippen molar-refractivity contribution >= 4 is 11.5 Å². The first-order chi connectivity index (χ1) is 10.0. The van der Waals surface area contributed by atoms with E-state index in [4.69, 9.17) is 5.73 Å². The van der Waals surface area contributed by atoms with Crippen LogP contribution in [0.25, 0.3) is 0 Å². The molecule has 2 rings (SSSR count). The third kappa shape index (κ3) is 3.28. The number of nitrogen functional groups attached to an aromatic ring is 1. The molecule has 8 nitrogen and oxygen atoms in total. The van der Waals surface area contributed by atoms with Gasteiger partial charge in [0.15, 0.2) is 0 Å². The highest BCUT2D eigenvalue weighted by Gasteiger charge is 2.11. The zero-order valence-corrected chi connectivity index (χ0v) is 12.0. The Morgan fingerprint density at radius 3 is 2.86 bits per heavy atom. The lowest BCUT2D eigenvalue weighted by Crippen LogP contribution is -2.34. The average Bonchev–Trinajstić information content (AvgIpc) is 2.43. The van der Waals surface area contributed by atoms with Crippen molar-refractivity contribution in [3.8, 4) is 0 Å². The normalized spacial score (nSPS) is 10.6. The van der Waals surface area contributed by atoms with Gasteiger partial charge in [0.05, 0.1) is 12.2 Å². The molecule has 0 aliphatic carbocycles. The zero-order chi connectivity index (χ0) is 15.4. The molecule has 0 atom stereocenters. The van der Waals surface area contributed by atoms with Crippen LogP contribution in [0, 0.1) is 6.92 Å². The number of aromatic amines is 1. The molecule has 0 spiro atoms. The van der Waals surface area contributed by atoms with Gasteiger partial charge in [0.1, 0.15) is 17.3 Å². The molecule has 2 aromatic rings. The van der Waals surface area contributed by atoms with Gasteiger partial charge < -0.3 is 11.1 Å². The van der Waals surface area contributed by atoms with Crippen molar-refractivity contribution in [2.24, 2.45) is 0 Å². The van der Waals surface area contributed by atoms with Crippen molar-refractivity contribution in [1.82, 2.24) is 19.5 Å².